The highest BCUT2D eigenvalue weighted by Crippen LogP contribution is 2.36. The predicted octanol–water partition coefficient (Wildman–Crippen LogP) is 7.84. The standard InChI is InChI=1S/C31H45NO3/c1-5-8-12-29-30(27-23-24(4)13-18-28(27)35-29)31(33)25-14-16-26(17-15-25)34-22-11-21-32(19-9-6-2)20-10-7-3/h13-18,23,31,33H,5-12,19-22H2,1-4H3. The van der Waals surface area contributed by atoms with E-state index in [1.54, 1.807) is 0 Å². The number of benzene rings is 2. The third-order valence-corrected chi connectivity index (χ3v) is 6.73. The Balaban J connectivity index is 1.62. The lowest BCUT2D eigenvalue weighted by Crippen LogP contribution is -2.28. The summed E-state index contributed by atoms with van der Waals surface area (Å²) in [6.07, 6.45) is 8.29. The molecule has 3 aromatic rings. The third kappa shape index (κ3) is 7.85. The molecule has 3 rings (SSSR count). The summed E-state index contributed by atoms with van der Waals surface area (Å²) in [4.78, 5) is 2.57. The van der Waals surface area contributed by atoms with Gasteiger partial charge in [-0.25, -0.2) is 0 Å². The molecule has 4 nitrogen and oxygen atoms in total. The first-order valence-electron chi connectivity index (χ1n) is 13.7. The fourth-order valence-corrected chi connectivity index (χ4v) is 4.59. The number of aliphatic hydroxyl groups excluding tert-OH is 1. The minimum atomic E-state index is -0.718. The summed E-state index contributed by atoms with van der Waals surface area (Å²) in [6, 6.07) is 14.1. The van der Waals surface area contributed by atoms with Crippen molar-refractivity contribution < 1.29 is 14.3 Å². The maximum Gasteiger partial charge on any atom is 0.134 e. The van der Waals surface area contributed by atoms with Gasteiger partial charge in [-0.1, -0.05) is 63.8 Å². The van der Waals surface area contributed by atoms with E-state index in [0.717, 1.165) is 65.8 Å². The molecule has 1 aromatic heterocycles. The van der Waals surface area contributed by atoms with E-state index in [1.807, 2.05) is 30.3 Å². The zero-order valence-corrected chi connectivity index (χ0v) is 22.3. The van der Waals surface area contributed by atoms with E-state index >= 15 is 0 Å². The Bertz CT molecular complexity index is 1000. The SMILES string of the molecule is CCCCc1oc2ccc(C)cc2c1C(O)c1ccc(OCCCN(CCCC)CCCC)cc1. The van der Waals surface area contributed by atoms with Gasteiger partial charge in [-0.3, -0.25) is 0 Å². The number of aryl methyl sites for hydroxylation is 2. The highest BCUT2D eigenvalue weighted by Gasteiger charge is 2.22. The van der Waals surface area contributed by atoms with Crippen molar-refractivity contribution in [3.8, 4) is 5.75 Å². The van der Waals surface area contributed by atoms with Crippen LogP contribution in [0.2, 0.25) is 0 Å². The van der Waals surface area contributed by atoms with Crippen molar-refractivity contribution in [2.75, 3.05) is 26.2 Å². The van der Waals surface area contributed by atoms with Crippen LogP contribution in [0.15, 0.2) is 46.9 Å². The second kappa shape index (κ2) is 14.3. The maximum atomic E-state index is 11.4. The van der Waals surface area contributed by atoms with E-state index in [2.05, 4.69) is 44.7 Å². The van der Waals surface area contributed by atoms with E-state index in [9.17, 15) is 5.11 Å². The second-order valence-corrected chi connectivity index (χ2v) is 9.76. The Morgan fingerprint density at radius 1 is 0.857 bits per heavy atom. The molecule has 0 spiro atoms. The number of fused-ring (bicyclic) bond motifs is 1. The second-order valence-electron chi connectivity index (χ2n) is 9.76. The van der Waals surface area contributed by atoms with Gasteiger partial charge in [0.2, 0.25) is 0 Å². The van der Waals surface area contributed by atoms with E-state index in [4.69, 9.17) is 9.15 Å². The van der Waals surface area contributed by atoms with Crippen LogP contribution in [0.25, 0.3) is 11.0 Å². The molecular formula is C31H45NO3. The smallest absolute Gasteiger partial charge is 0.134 e. The van der Waals surface area contributed by atoms with Gasteiger partial charge in [0, 0.05) is 23.9 Å². The van der Waals surface area contributed by atoms with Crippen LogP contribution < -0.4 is 4.74 Å². The van der Waals surface area contributed by atoms with Crippen LogP contribution in [0.4, 0.5) is 0 Å². The lowest BCUT2D eigenvalue weighted by molar-refractivity contribution is 0.217. The molecule has 1 atom stereocenters. The molecule has 0 aliphatic carbocycles. The molecule has 35 heavy (non-hydrogen) atoms. The Morgan fingerprint density at radius 3 is 2.17 bits per heavy atom. The van der Waals surface area contributed by atoms with Crippen molar-refractivity contribution >= 4 is 11.0 Å². The third-order valence-electron chi connectivity index (χ3n) is 6.73. The molecule has 4 heteroatoms. The summed E-state index contributed by atoms with van der Waals surface area (Å²) in [5.41, 5.74) is 3.79. The molecule has 1 unspecified atom stereocenters. The first-order valence-corrected chi connectivity index (χ1v) is 13.7. The summed E-state index contributed by atoms with van der Waals surface area (Å²) in [5.74, 6) is 1.75. The number of aliphatic hydroxyl groups is 1. The molecule has 0 saturated carbocycles. The van der Waals surface area contributed by atoms with Gasteiger partial charge in [0.25, 0.3) is 0 Å². The molecule has 0 saturated heterocycles. The Morgan fingerprint density at radius 2 is 1.51 bits per heavy atom. The van der Waals surface area contributed by atoms with Crippen LogP contribution in [0.1, 0.15) is 94.3 Å². The van der Waals surface area contributed by atoms with Gasteiger partial charge in [-0.2, -0.15) is 0 Å². The molecule has 0 radical (unpaired) electrons. The van der Waals surface area contributed by atoms with Gasteiger partial charge in [-0.15, -0.1) is 0 Å². The molecule has 1 N–H and O–H groups in total. The molecule has 1 heterocycles. The first-order chi connectivity index (χ1) is 17.1. The van der Waals surface area contributed by atoms with Crippen molar-refractivity contribution in [1.29, 1.82) is 0 Å². The molecule has 2 aromatic carbocycles. The first kappa shape index (κ1) is 27.3. The zero-order valence-electron chi connectivity index (χ0n) is 22.3. The monoisotopic (exact) mass is 479 g/mol. The van der Waals surface area contributed by atoms with Crippen molar-refractivity contribution in [2.24, 2.45) is 0 Å². The minimum absolute atomic E-state index is 0.712. The highest BCUT2D eigenvalue weighted by atomic mass is 16.5. The van der Waals surface area contributed by atoms with Crippen LogP contribution in [-0.2, 0) is 6.42 Å². The van der Waals surface area contributed by atoms with E-state index < -0.39 is 6.10 Å². The summed E-state index contributed by atoms with van der Waals surface area (Å²) >= 11 is 0. The minimum Gasteiger partial charge on any atom is -0.494 e. The molecule has 0 aliphatic rings. The average molecular weight is 480 g/mol. The topological polar surface area (TPSA) is 45.8 Å². The lowest BCUT2D eigenvalue weighted by Gasteiger charge is -2.21. The van der Waals surface area contributed by atoms with E-state index in [0.29, 0.717) is 6.61 Å². The fourth-order valence-electron chi connectivity index (χ4n) is 4.59. The Kier molecular flexibility index (Phi) is 11.2. The number of hydrogen-bond acceptors (Lipinski definition) is 4. The predicted molar refractivity (Wildman–Crippen MR) is 146 cm³/mol. The number of furan rings is 1. The van der Waals surface area contributed by atoms with Gasteiger partial charge < -0.3 is 19.2 Å². The van der Waals surface area contributed by atoms with Crippen molar-refractivity contribution in [2.45, 2.75) is 85.2 Å². The number of rotatable bonds is 16. The van der Waals surface area contributed by atoms with Crippen molar-refractivity contribution in [3.63, 3.8) is 0 Å². The van der Waals surface area contributed by atoms with Crippen LogP contribution in [0, 0.1) is 6.92 Å². The molecule has 0 fully saturated rings. The zero-order chi connectivity index (χ0) is 25.0. The summed E-state index contributed by atoms with van der Waals surface area (Å²) < 4.78 is 12.2. The normalized spacial score (nSPS) is 12.5. The Hall–Kier alpha value is -2.30. The largest absolute Gasteiger partial charge is 0.494 e. The van der Waals surface area contributed by atoms with Gasteiger partial charge in [0.15, 0.2) is 0 Å². The summed E-state index contributed by atoms with van der Waals surface area (Å²) in [7, 11) is 0. The van der Waals surface area contributed by atoms with Crippen molar-refractivity contribution in [1.82, 2.24) is 4.90 Å². The van der Waals surface area contributed by atoms with Crippen LogP contribution in [0.5, 0.6) is 5.75 Å². The van der Waals surface area contributed by atoms with Crippen LogP contribution in [-0.4, -0.2) is 36.2 Å². The van der Waals surface area contributed by atoms with Gasteiger partial charge >= 0.3 is 0 Å². The Labute approximate surface area is 212 Å². The molecule has 0 aliphatic heterocycles. The van der Waals surface area contributed by atoms with Crippen LogP contribution >= 0.6 is 0 Å². The lowest BCUT2D eigenvalue weighted by atomic mass is 9.96. The number of ether oxygens (including phenoxy) is 1. The number of hydrogen-bond donors (Lipinski definition) is 1. The molecule has 0 bridgehead atoms. The van der Waals surface area contributed by atoms with E-state index in [-0.39, 0.29) is 0 Å². The van der Waals surface area contributed by atoms with E-state index in [1.165, 1.54) is 44.3 Å². The number of unbranched alkanes of at least 4 members (excludes halogenated alkanes) is 3. The average Bonchev–Trinajstić information content (AvgIpc) is 3.23. The molecule has 192 valence electrons. The van der Waals surface area contributed by atoms with Crippen molar-refractivity contribution in [3.05, 3.63) is 64.9 Å². The maximum absolute atomic E-state index is 11.4. The quantitative estimate of drug-likeness (QED) is 0.213. The molecule has 0 amide bonds. The van der Waals surface area contributed by atoms with Gasteiger partial charge in [0.1, 0.15) is 23.2 Å². The molecular weight excluding hydrogens is 434 g/mol. The highest BCUT2D eigenvalue weighted by molar-refractivity contribution is 5.84. The van der Waals surface area contributed by atoms with Gasteiger partial charge in [0.05, 0.1) is 6.61 Å². The summed E-state index contributed by atoms with van der Waals surface area (Å²) in [6.45, 7) is 12.9. The van der Waals surface area contributed by atoms with Crippen LogP contribution in [0.3, 0.4) is 0 Å². The fraction of sp³-hybridized carbons (Fsp3) is 0.548. The van der Waals surface area contributed by atoms with Gasteiger partial charge in [-0.05, 0) is 75.5 Å². The summed E-state index contributed by atoms with van der Waals surface area (Å²) in [5, 5.41) is 12.4. The number of nitrogens with zero attached hydrogens (tertiary/aromatic N) is 1.